The van der Waals surface area contributed by atoms with Crippen molar-refractivity contribution in [2.45, 2.75) is 46.2 Å². The Morgan fingerprint density at radius 3 is 2.45 bits per heavy atom. The SMILES string of the molecule is CCC(=O)N(Cc1cc(N)ccc1N(C)C)C(C)CC. The Morgan fingerprint density at radius 1 is 1.30 bits per heavy atom. The summed E-state index contributed by atoms with van der Waals surface area (Å²) in [6.07, 6.45) is 1.48. The molecule has 0 fully saturated rings. The first kappa shape index (κ1) is 16.3. The fraction of sp³-hybridized carbons (Fsp3) is 0.562. The molecular weight excluding hydrogens is 250 g/mol. The van der Waals surface area contributed by atoms with E-state index in [9.17, 15) is 4.79 Å². The van der Waals surface area contributed by atoms with Crippen LogP contribution in [0.2, 0.25) is 0 Å². The Kier molecular flexibility index (Phi) is 5.86. The van der Waals surface area contributed by atoms with Crippen molar-refractivity contribution >= 4 is 17.3 Å². The summed E-state index contributed by atoms with van der Waals surface area (Å²) in [5, 5.41) is 0. The number of benzene rings is 1. The minimum Gasteiger partial charge on any atom is -0.399 e. The first-order valence-electron chi connectivity index (χ1n) is 7.25. The molecule has 0 bridgehead atoms. The van der Waals surface area contributed by atoms with Crippen molar-refractivity contribution in [3.8, 4) is 0 Å². The van der Waals surface area contributed by atoms with Crippen LogP contribution in [0.15, 0.2) is 18.2 Å². The van der Waals surface area contributed by atoms with Gasteiger partial charge >= 0.3 is 0 Å². The van der Waals surface area contributed by atoms with Gasteiger partial charge in [-0.1, -0.05) is 13.8 Å². The fourth-order valence-electron chi connectivity index (χ4n) is 2.27. The molecule has 0 aliphatic carbocycles. The number of carbonyl (C=O) groups is 1. The predicted molar refractivity (Wildman–Crippen MR) is 85.8 cm³/mol. The number of anilines is 2. The zero-order valence-corrected chi connectivity index (χ0v) is 13.3. The van der Waals surface area contributed by atoms with E-state index in [0.29, 0.717) is 13.0 Å². The Labute approximate surface area is 122 Å². The lowest BCUT2D eigenvalue weighted by Crippen LogP contribution is -2.37. The first-order chi connectivity index (χ1) is 9.40. The second-order valence-electron chi connectivity index (χ2n) is 5.42. The van der Waals surface area contributed by atoms with Crippen molar-refractivity contribution in [3.63, 3.8) is 0 Å². The maximum Gasteiger partial charge on any atom is 0.222 e. The topological polar surface area (TPSA) is 49.6 Å². The highest BCUT2D eigenvalue weighted by molar-refractivity contribution is 5.76. The van der Waals surface area contributed by atoms with E-state index in [1.165, 1.54) is 0 Å². The van der Waals surface area contributed by atoms with Gasteiger partial charge in [-0.05, 0) is 37.1 Å². The second kappa shape index (κ2) is 7.17. The van der Waals surface area contributed by atoms with E-state index >= 15 is 0 Å². The monoisotopic (exact) mass is 277 g/mol. The molecule has 1 atom stereocenters. The van der Waals surface area contributed by atoms with Crippen molar-refractivity contribution in [1.29, 1.82) is 0 Å². The molecular formula is C16H27N3O. The molecule has 2 N–H and O–H groups in total. The Balaban J connectivity index is 3.09. The zero-order chi connectivity index (χ0) is 15.3. The van der Waals surface area contributed by atoms with E-state index in [2.05, 4.69) is 18.7 Å². The zero-order valence-electron chi connectivity index (χ0n) is 13.3. The minimum atomic E-state index is 0.187. The number of hydrogen-bond acceptors (Lipinski definition) is 3. The normalized spacial score (nSPS) is 12.1. The molecule has 0 aliphatic rings. The van der Waals surface area contributed by atoms with Crippen LogP contribution in [0.1, 0.15) is 39.2 Å². The number of nitrogens with zero attached hydrogens (tertiary/aromatic N) is 2. The van der Waals surface area contributed by atoms with Gasteiger partial charge < -0.3 is 15.5 Å². The van der Waals surface area contributed by atoms with Crippen LogP contribution in [-0.4, -0.2) is 30.9 Å². The molecule has 1 aromatic rings. The highest BCUT2D eigenvalue weighted by atomic mass is 16.2. The summed E-state index contributed by atoms with van der Waals surface area (Å²) in [6, 6.07) is 6.11. The maximum atomic E-state index is 12.2. The molecule has 112 valence electrons. The lowest BCUT2D eigenvalue weighted by molar-refractivity contribution is -0.133. The van der Waals surface area contributed by atoms with Crippen molar-refractivity contribution in [3.05, 3.63) is 23.8 Å². The molecule has 1 aromatic carbocycles. The van der Waals surface area contributed by atoms with E-state index in [1.807, 2.05) is 44.1 Å². The number of hydrogen-bond donors (Lipinski definition) is 1. The van der Waals surface area contributed by atoms with E-state index in [4.69, 9.17) is 5.73 Å². The molecule has 20 heavy (non-hydrogen) atoms. The van der Waals surface area contributed by atoms with Crippen LogP contribution < -0.4 is 10.6 Å². The molecule has 1 unspecified atom stereocenters. The van der Waals surface area contributed by atoms with Crippen LogP contribution in [0.3, 0.4) is 0 Å². The van der Waals surface area contributed by atoms with E-state index < -0.39 is 0 Å². The smallest absolute Gasteiger partial charge is 0.222 e. The summed E-state index contributed by atoms with van der Waals surface area (Å²) in [5.41, 5.74) is 8.84. The Hall–Kier alpha value is -1.71. The molecule has 0 saturated carbocycles. The fourth-order valence-corrected chi connectivity index (χ4v) is 2.27. The van der Waals surface area contributed by atoms with Crippen molar-refractivity contribution in [1.82, 2.24) is 4.90 Å². The predicted octanol–water partition coefficient (Wildman–Crippen LogP) is 2.87. The number of rotatable bonds is 6. The molecule has 0 radical (unpaired) electrons. The van der Waals surface area contributed by atoms with Gasteiger partial charge in [-0.15, -0.1) is 0 Å². The number of nitrogens with two attached hydrogens (primary N) is 1. The summed E-state index contributed by atoms with van der Waals surface area (Å²) in [6.45, 7) is 6.71. The first-order valence-corrected chi connectivity index (χ1v) is 7.25. The molecule has 0 aliphatic heterocycles. The summed E-state index contributed by atoms with van der Waals surface area (Å²) in [5.74, 6) is 0.187. The number of carbonyl (C=O) groups excluding carboxylic acids is 1. The molecule has 0 spiro atoms. The second-order valence-corrected chi connectivity index (χ2v) is 5.42. The van der Waals surface area contributed by atoms with Gasteiger partial charge in [-0.25, -0.2) is 0 Å². The molecule has 0 aromatic heterocycles. The average molecular weight is 277 g/mol. The maximum absolute atomic E-state index is 12.2. The number of amides is 1. The van der Waals surface area contributed by atoms with Crippen LogP contribution >= 0.6 is 0 Å². The standard InChI is InChI=1S/C16H27N3O/c1-6-12(3)19(16(20)7-2)11-13-10-14(17)8-9-15(13)18(4)5/h8-10,12H,6-7,11,17H2,1-5H3. The van der Waals surface area contributed by atoms with E-state index in [1.54, 1.807) is 0 Å². The molecule has 1 amide bonds. The largest absolute Gasteiger partial charge is 0.399 e. The van der Waals surface area contributed by atoms with Crippen molar-refractivity contribution in [2.24, 2.45) is 0 Å². The van der Waals surface area contributed by atoms with Gasteiger partial charge in [0.05, 0.1) is 0 Å². The van der Waals surface area contributed by atoms with E-state index in [-0.39, 0.29) is 11.9 Å². The molecule has 0 heterocycles. The third kappa shape index (κ3) is 3.89. The average Bonchev–Trinajstić information content (AvgIpc) is 2.42. The quantitative estimate of drug-likeness (QED) is 0.813. The van der Waals surface area contributed by atoms with Crippen molar-refractivity contribution < 1.29 is 4.79 Å². The van der Waals surface area contributed by atoms with Gasteiger partial charge in [0.2, 0.25) is 5.91 Å². The van der Waals surface area contributed by atoms with Crippen LogP contribution in [0, 0.1) is 0 Å². The van der Waals surface area contributed by atoms with Crippen LogP contribution in [0.4, 0.5) is 11.4 Å². The van der Waals surface area contributed by atoms with Gasteiger partial charge in [-0.2, -0.15) is 0 Å². The Bertz CT molecular complexity index is 457. The lowest BCUT2D eigenvalue weighted by atomic mass is 10.1. The van der Waals surface area contributed by atoms with Gasteiger partial charge in [0.15, 0.2) is 0 Å². The van der Waals surface area contributed by atoms with Gasteiger partial charge in [-0.3, -0.25) is 4.79 Å². The molecule has 0 saturated heterocycles. The highest BCUT2D eigenvalue weighted by Gasteiger charge is 2.19. The summed E-state index contributed by atoms with van der Waals surface area (Å²) in [7, 11) is 4.01. The van der Waals surface area contributed by atoms with Crippen LogP contribution in [0.5, 0.6) is 0 Å². The molecule has 4 nitrogen and oxygen atoms in total. The number of nitrogen functional groups attached to an aromatic ring is 1. The third-order valence-corrected chi connectivity index (χ3v) is 3.67. The highest BCUT2D eigenvalue weighted by Crippen LogP contribution is 2.24. The molecule has 4 heteroatoms. The van der Waals surface area contributed by atoms with E-state index in [0.717, 1.165) is 23.4 Å². The molecule has 1 rings (SSSR count). The third-order valence-electron chi connectivity index (χ3n) is 3.67. The van der Waals surface area contributed by atoms with Gasteiger partial charge in [0, 0.05) is 44.5 Å². The van der Waals surface area contributed by atoms with Crippen LogP contribution in [-0.2, 0) is 11.3 Å². The van der Waals surface area contributed by atoms with Gasteiger partial charge in [0.1, 0.15) is 0 Å². The summed E-state index contributed by atoms with van der Waals surface area (Å²) >= 11 is 0. The van der Waals surface area contributed by atoms with Crippen molar-refractivity contribution in [2.75, 3.05) is 24.7 Å². The van der Waals surface area contributed by atoms with Gasteiger partial charge in [0.25, 0.3) is 0 Å². The minimum absolute atomic E-state index is 0.187. The summed E-state index contributed by atoms with van der Waals surface area (Å²) < 4.78 is 0. The Morgan fingerprint density at radius 2 is 1.95 bits per heavy atom. The summed E-state index contributed by atoms with van der Waals surface area (Å²) in [4.78, 5) is 16.2. The lowest BCUT2D eigenvalue weighted by Gasteiger charge is -2.30. The van der Waals surface area contributed by atoms with Crippen LogP contribution in [0.25, 0.3) is 0 Å².